The van der Waals surface area contributed by atoms with Crippen LogP contribution in [0.15, 0.2) is 60.7 Å². The SMILES string of the molecule is O=C(Nc1ccccc1)C(=O)N1CCNC(=O)[C@H]1c1ccccc1. The Morgan fingerprint density at radius 2 is 1.62 bits per heavy atom. The number of piperazine rings is 1. The van der Waals surface area contributed by atoms with Crippen molar-refractivity contribution in [3.63, 3.8) is 0 Å². The minimum Gasteiger partial charge on any atom is -0.352 e. The van der Waals surface area contributed by atoms with E-state index in [-0.39, 0.29) is 12.5 Å². The molecule has 3 amide bonds. The van der Waals surface area contributed by atoms with Crippen molar-refractivity contribution in [3.8, 4) is 0 Å². The Balaban J connectivity index is 1.81. The van der Waals surface area contributed by atoms with E-state index in [1.165, 1.54) is 4.90 Å². The fourth-order valence-electron chi connectivity index (χ4n) is 2.69. The Kier molecular flexibility index (Phi) is 4.56. The van der Waals surface area contributed by atoms with E-state index in [1.54, 1.807) is 48.5 Å². The van der Waals surface area contributed by atoms with Gasteiger partial charge >= 0.3 is 11.8 Å². The minimum absolute atomic E-state index is 0.284. The standard InChI is InChI=1S/C18H17N3O3/c22-16-15(13-7-3-1-4-8-13)21(12-11-19-16)18(24)17(23)20-14-9-5-2-6-10-14/h1-10,15H,11-12H2,(H,19,22)(H,20,23)/t15-/m1/s1. The summed E-state index contributed by atoms with van der Waals surface area (Å²) in [5, 5.41) is 5.30. The first kappa shape index (κ1) is 15.7. The maximum atomic E-state index is 12.6. The Morgan fingerprint density at radius 1 is 1.00 bits per heavy atom. The molecule has 3 rings (SSSR count). The molecule has 2 N–H and O–H groups in total. The average molecular weight is 323 g/mol. The summed E-state index contributed by atoms with van der Waals surface area (Å²) in [6.07, 6.45) is 0. The quantitative estimate of drug-likeness (QED) is 0.818. The summed E-state index contributed by atoms with van der Waals surface area (Å²) in [5.41, 5.74) is 1.21. The molecule has 122 valence electrons. The minimum atomic E-state index is -0.797. The Morgan fingerprint density at radius 3 is 2.29 bits per heavy atom. The highest BCUT2D eigenvalue weighted by Gasteiger charge is 2.36. The molecule has 24 heavy (non-hydrogen) atoms. The number of amides is 3. The zero-order valence-corrected chi connectivity index (χ0v) is 12.9. The van der Waals surface area contributed by atoms with E-state index in [9.17, 15) is 14.4 Å². The predicted octanol–water partition coefficient (Wildman–Crippen LogP) is 1.32. The van der Waals surface area contributed by atoms with Gasteiger partial charge in [0.25, 0.3) is 0 Å². The van der Waals surface area contributed by atoms with E-state index < -0.39 is 17.9 Å². The fraction of sp³-hybridized carbons (Fsp3) is 0.167. The highest BCUT2D eigenvalue weighted by molar-refractivity contribution is 6.40. The van der Waals surface area contributed by atoms with Gasteiger partial charge < -0.3 is 15.5 Å². The molecular formula is C18H17N3O3. The van der Waals surface area contributed by atoms with Crippen molar-refractivity contribution in [2.45, 2.75) is 6.04 Å². The Hall–Kier alpha value is -3.15. The van der Waals surface area contributed by atoms with Gasteiger partial charge in [0.2, 0.25) is 5.91 Å². The third-order valence-corrected chi connectivity index (χ3v) is 3.81. The van der Waals surface area contributed by atoms with Gasteiger partial charge in [-0.2, -0.15) is 0 Å². The topological polar surface area (TPSA) is 78.5 Å². The highest BCUT2D eigenvalue weighted by Crippen LogP contribution is 2.23. The molecule has 6 nitrogen and oxygen atoms in total. The van der Waals surface area contributed by atoms with Gasteiger partial charge in [0.15, 0.2) is 0 Å². The molecule has 1 heterocycles. The van der Waals surface area contributed by atoms with E-state index in [0.29, 0.717) is 17.8 Å². The zero-order chi connectivity index (χ0) is 16.9. The van der Waals surface area contributed by atoms with Crippen molar-refractivity contribution in [2.24, 2.45) is 0 Å². The Labute approximate surface area is 139 Å². The molecule has 0 spiro atoms. The molecule has 0 radical (unpaired) electrons. The molecule has 0 aromatic heterocycles. The van der Waals surface area contributed by atoms with Crippen LogP contribution in [-0.4, -0.2) is 35.7 Å². The van der Waals surface area contributed by atoms with Crippen LogP contribution in [-0.2, 0) is 14.4 Å². The molecular weight excluding hydrogens is 306 g/mol. The van der Waals surface area contributed by atoms with Crippen LogP contribution < -0.4 is 10.6 Å². The van der Waals surface area contributed by atoms with Crippen LogP contribution in [0.1, 0.15) is 11.6 Å². The van der Waals surface area contributed by atoms with Crippen molar-refractivity contribution in [1.82, 2.24) is 10.2 Å². The number of carbonyl (C=O) groups is 3. The van der Waals surface area contributed by atoms with Crippen LogP contribution in [0.4, 0.5) is 5.69 Å². The van der Waals surface area contributed by atoms with Gasteiger partial charge in [-0.25, -0.2) is 0 Å². The largest absolute Gasteiger partial charge is 0.352 e. The molecule has 0 saturated carbocycles. The van der Waals surface area contributed by atoms with Crippen molar-refractivity contribution in [1.29, 1.82) is 0 Å². The number of rotatable bonds is 2. The second kappa shape index (κ2) is 6.95. The van der Waals surface area contributed by atoms with E-state index in [1.807, 2.05) is 12.1 Å². The van der Waals surface area contributed by atoms with E-state index in [2.05, 4.69) is 10.6 Å². The third-order valence-electron chi connectivity index (χ3n) is 3.81. The first-order chi connectivity index (χ1) is 11.7. The lowest BCUT2D eigenvalue weighted by Crippen LogP contribution is -2.54. The van der Waals surface area contributed by atoms with E-state index in [4.69, 9.17) is 0 Å². The highest BCUT2D eigenvalue weighted by atomic mass is 16.2. The van der Waals surface area contributed by atoms with Gasteiger partial charge in [-0.15, -0.1) is 0 Å². The number of nitrogens with one attached hydrogen (secondary N) is 2. The molecule has 0 aliphatic carbocycles. The van der Waals surface area contributed by atoms with E-state index >= 15 is 0 Å². The maximum absolute atomic E-state index is 12.6. The second-order valence-corrected chi connectivity index (χ2v) is 5.42. The summed E-state index contributed by atoms with van der Waals surface area (Å²) in [4.78, 5) is 38.4. The number of benzene rings is 2. The van der Waals surface area contributed by atoms with E-state index in [0.717, 1.165) is 0 Å². The van der Waals surface area contributed by atoms with Crippen LogP contribution in [0.25, 0.3) is 0 Å². The number of hydrogen-bond donors (Lipinski definition) is 2. The molecule has 0 unspecified atom stereocenters. The number of nitrogens with zero attached hydrogens (tertiary/aromatic N) is 1. The van der Waals surface area contributed by atoms with Crippen molar-refractivity contribution >= 4 is 23.4 Å². The number of carbonyl (C=O) groups excluding carboxylic acids is 3. The Bertz CT molecular complexity index is 747. The van der Waals surface area contributed by atoms with Crippen molar-refractivity contribution in [2.75, 3.05) is 18.4 Å². The third kappa shape index (κ3) is 3.27. The van der Waals surface area contributed by atoms with Gasteiger partial charge in [0, 0.05) is 18.8 Å². The molecule has 2 aromatic rings. The first-order valence-electron chi connectivity index (χ1n) is 7.66. The van der Waals surface area contributed by atoms with Gasteiger partial charge in [-0.1, -0.05) is 48.5 Å². The van der Waals surface area contributed by atoms with Gasteiger partial charge in [0.1, 0.15) is 6.04 Å². The van der Waals surface area contributed by atoms with Gasteiger partial charge in [0.05, 0.1) is 0 Å². The maximum Gasteiger partial charge on any atom is 0.313 e. The normalized spacial score (nSPS) is 17.1. The molecule has 1 atom stereocenters. The smallest absolute Gasteiger partial charge is 0.313 e. The number of anilines is 1. The summed E-state index contributed by atoms with van der Waals surface area (Å²) in [7, 11) is 0. The number of para-hydroxylation sites is 1. The summed E-state index contributed by atoms with van der Waals surface area (Å²) in [5.74, 6) is -1.76. The van der Waals surface area contributed by atoms with Crippen molar-refractivity contribution in [3.05, 3.63) is 66.2 Å². The zero-order valence-electron chi connectivity index (χ0n) is 12.9. The summed E-state index contributed by atoms with van der Waals surface area (Å²) in [6.45, 7) is 0.610. The fourth-order valence-corrected chi connectivity index (χ4v) is 2.69. The van der Waals surface area contributed by atoms with Crippen LogP contribution >= 0.6 is 0 Å². The molecule has 1 fully saturated rings. The average Bonchev–Trinajstić information content (AvgIpc) is 2.62. The molecule has 1 aliphatic rings. The van der Waals surface area contributed by atoms with Gasteiger partial charge in [-0.05, 0) is 17.7 Å². The van der Waals surface area contributed by atoms with Crippen LogP contribution in [0, 0.1) is 0 Å². The molecule has 6 heteroatoms. The monoisotopic (exact) mass is 323 g/mol. The molecule has 1 saturated heterocycles. The summed E-state index contributed by atoms with van der Waals surface area (Å²) < 4.78 is 0. The molecule has 1 aliphatic heterocycles. The van der Waals surface area contributed by atoms with Crippen molar-refractivity contribution < 1.29 is 14.4 Å². The first-order valence-corrected chi connectivity index (χ1v) is 7.66. The summed E-state index contributed by atoms with van der Waals surface area (Å²) >= 11 is 0. The summed E-state index contributed by atoms with van der Waals surface area (Å²) in [6, 6.07) is 16.9. The van der Waals surface area contributed by atoms with Crippen LogP contribution in [0.3, 0.4) is 0 Å². The predicted molar refractivity (Wildman–Crippen MR) is 89.0 cm³/mol. The van der Waals surface area contributed by atoms with Crippen LogP contribution in [0.2, 0.25) is 0 Å². The number of hydrogen-bond acceptors (Lipinski definition) is 3. The lowest BCUT2D eigenvalue weighted by atomic mass is 10.0. The molecule has 0 bridgehead atoms. The lowest BCUT2D eigenvalue weighted by molar-refractivity contribution is -0.149. The van der Waals surface area contributed by atoms with Gasteiger partial charge in [-0.3, -0.25) is 14.4 Å². The second-order valence-electron chi connectivity index (χ2n) is 5.42. The van der Waals surface area contributed by atoms with Crippen LogP contribution in [0.5, 0.6) is 0 Å². The molecule has 2 aromatic carbocycles. The lowest BCUT2D eigenvalue weighted by Gasteiger charge is -2.34.